The molecule has 0 aromatic heterocycles. The molecule has 1 heterocycles. The van der Waals surface area contributed by atoms with Gasteiger partial charge in [-0.3, -0.25) is 0 Å². The van der Waals surface area contributed by atoms with Crippen LogP contribution in [-0.4, -0.2) is 50.6 Å². The average Bonchev–Trinajstić information content (AvgIpc) is 2.46. The summed E-state index contributed by atoms with van der Waals surface area (Å²) >= 11 is 0. The molecule has 1 aromatic rings. The Morgan fingerprint density at radius 1 is 1.22 bits per heavy atom. The number of morpholine rings is 1. The number of ether oxygens (including phenoxy) is 1. The lowest BCUT2D eigenvalue weighted by molar-refractivity contribution is 0.0730. The topological polar surface area (TPSA) is 87.7 Å². The van der Waals surface area contributed by atoms with Gasteiger partial charge in [-0.1, -0.05) is 6.07 Å². The highest BCUT2D eigenvalue weighted by atomic mass is 32.2. The number of nitrogens with zero attached hydrogens (tertiary/aromatic N) is 1. The van der Waals surface area contributed by atoms with Crippen LogP contribution in [0.5, 0.6) is 0 Å². The van der Waals surface area contributed by atoms with Crippen LogP contribution >= 0.6 is 0 Å². The molecule has 1 aromatic carbocycles. The predicted octanol–water partition coefficient (Wildman–Crippen LogP) is 1.63. The summed E-state index contributed by atoms with van der Waals surface area (Å²) in [5, 5.41) is 5.42. The van der Waals surface area contributed by atoms with Gasteiger partial charge in [-0.25, -0.2) is 13.2 Å². The summed E-state index contributed by atoms with van der Waals surface area (Å²) < 4.78 is 31.8. The molecule has 0 aliphatic carbocycles. The number of urea groups is 1. The Hall–Kier alpha value is -1.64. The molecule has 0 spiro atoms. The molecule has 1 aliphatic rings. The van der Waals surface area contributed by atoms with Crippen molar-refractivity contribution in [2.24, 2.45) is 0 Å². The number of benzene rings is 1. The fraction of sp³-hybridized carbons (Fsp3) is 0.533. The lowest BCUT2D eigenvalue weighted by atomic mass is 10.1. The van der Waals surface area contributed by atoms with Gasteiger partial charge in [0.1, 0.15) is 0 Å². The van der Waals surface area contributed by atoms with Crippen LogP contribution in [0.2, 0.25) is 0 Å². The quantitative estimate of drug-likeness (QED) is 0.875. The van der Waals surface area contributed by atoms with Crippen LogP contribution in [0.25, 0.3) is 0 Å². The van der Waals surface area contributed by atoms with Gasteiger partial charge in [0.25, 0.3) is 0 Å². The third-order valence-corrected chi connectivity index (χ3v) is 5.08. The Morgan fingerprint density at radius 3 is 2.48 bits per heavy atom. The molecule has 0 bridgehead atoms. The molecule has 0 unspecified atom stereocenters. The number of sulfonamides is 1. The highest BCUT2D eigenvalue weighted by Crippen LogP contribution is 2.20. The van der Waals surface area contributed by atoms with Gasteiger partial charge in [-0.05, 0) is 39.0 Å². The summed E-state index contributed by atoms with van der Waals surface area (Å²) in [5.74, 6) is 0. The summed E-state index contributed by atoms with van der Waals surface area (Å²) in [4.78, 5) is 12.1. The Kier molecular flexibility index (Phi) is 5.28. The zero-order valence-electron chi connectivity index (χ0n) is 13.6. The number of hydrogen-bond donors (Lipinski definition) is 2. The fourth-order valence-electron chi connectivity index (χ4n) is 2.17. The smallest absolute Gasteiger partial charge is 0.319 e. The summed E-state index contributed by atoms with van der Waals surface area (Å²) in [6.07, 6.45) is 0. The van der Waals surface area contributed by atoms with Gasteiger partial charge in [0.15, 0.2) is 0 Å². The SMILES string of the molecule is CC(C)(C)NC(=O)Nc1cccc(S(=O)(=O)N2CCOCC2)c1. The van der Waals surface area contributed by atoms with Crippen molar-refractivity contribution in [3.8, 4) is 0 Å². The largest absolute Gasteiger partial charge is 0.379 e. The van der Waals surface area contributed by atoms with E-state index in [9.17, 15) is 13.2 Å². The molecule has 0 saturated carbocycles. The lowest BCUT2D eigenvalue weighted by Gasteiger charge is -2.26. The highest BCUT2D eigenvalue weighted by molar-refractivity contribution is 7.89. The van der Waals surface area contributed by atoms with Crippen molar-refractivity contribution in [1.82, 2.24) is 9.62 Å². The number of anilines is 1. The Labute approximate surface area is 137 Å². The number of nitrogens with one attached hydrogen (secondary N) is 2. The van der Waals surface area contributed by atoms with Crippen molar-refractivity contribution < 1.29 is 17.9 Å². The molecule has 8 heteroatoms. The Balaban J connectivity index is 2.14. The van der Waals surface area contributed by atoms with Gasteiger partial charge in [-0.2, -0.15) is 4.31 Å². The second-order valence-corrected chi connectivity index (χ2v) is 8.31. The van der Waals surface area contributed by atoms with Crippen LogP contribution < -0.4 is 10.6 Å². The van der Waals surface area contributed by atoms with Crippen LogP contribution in [0.4, 0.5) is 10.5 Å². The maximum absolute atomic E-state index is 12.6. The molecule has 128 valence electrons. The van der Waals surface area contributed by atoms with Gasteiger partial charge < -0.3 is 15.4 Å². The van der Waals surface area contributed by atoms with Crippen LogP contribution in [-0.2, 0) is 14.8 Å². The number of carbonyl (C=O) groups excluding carboxylic acids is 1. The first-order valence-electron chi connectivity index (χ1n) is 7.46. The molecule has 0 radical (unpaired) electrons. The van der Waals surface area contributed by atoms with E-state index >= 15 is 0 Å². The minimum absolute atomic E-state index is 0.160. The van der Waals surface area contributed by atoms with Crippen molar-refractivity contribution >= 4 is 21.7 Å². The van der Waals surface area contributed by atoms with E-state index < -0.39 is 10.0 Å². The lowest BCUT2D eigenvalue weighted by Crippen LogP contribution is -2.43. The zero-order chi connectivity index (χ0) is 17.1. The summed E-state index contributed by atoms with van der Waals surface area (Å²) in [6.45, 7) is 7.06. The zero-order valence-corrected chi connectivity index (χ0v) is 14.4. The summed E-state index contributed by atoms with van der Waals surface area (Å²) in [7, 11) is -3.57. The highest BCUT2D eigenvalue weighted by Gasteiger charge is 2.26. The fourth-order valence-corrected chi connectivity index (χ4v) is 3.63. The molecular formula is C15H23N3O4S. The Morgan fingerprint density at radius 2 is 1.87 bits per heavy atom. The molecule has 0 atom stereocenters. The third kappa shape index (κ3) is 4.92. The number of carbonyl (C=O) groups is 1. The monoisotopic (exact) mass is 341 g/mol. The van der Waals surface area contributed by atoms with Crippen LogP contribution in [0.1, 0.15) is 20.8 Å². The maximum Gasteiger partial charge on any atom is 0.319 e. The third-order valence-electron chi connectivity index (χ3n) is 3.19. The van der Waals surface area contributed by atoms with Gasteiger partial charge in [0.05, 0.1) is 18.1 Å². The van der Waals surface area contributed by atoms with Crippen LogP contribution in [0.15, 0.2) is 29.2 Å². The van der Waals surface area contributed by atoms with E-state index in [0.717, 1.165) is 0 Å². The summed E-state index contributed by atoms with van der Waals surface area (Å²) in [6, 6.07) is 5.88. The average molecular weight is 341 g/mol. The van der Waals surface area contributed by atoms with E-state index in [0.29, 0.717) is 32.0 Å². The normalized spacial score (nSPS) is 16.8. The summed E-state index contributed by atoms with van der Waals surface area (Å²) in [5.41, 5.74) is 0.0581. The molecular weight excluding hydrogens is 318 g/mol. The first-order chi connectivity index (χ1) is 10.7. The molecule has 7 nitrogen and oxygen atoms in total. The second-order valence-electron chi connectivity index (χ2n) is 6.37. The van der Waals surface area contributed by atoms with Crippen molar-refractivity contribution in [2.45, 2.75) is 31.2 Å². The van der Waals surface area contributed by atoms with Gasteiger partial charge >= 0.3 is 6.03 Å². The minimum atomic E-state index is -3.57. The van der Waals surface area contributed by atoms with E-state index in [1.165, 1.54) is 16.4 Å². The second kappa shape index (κ2) is 6.86. The van der Waals surface area contributed by atoms with Gasteiger partial charge in [-0.15, -0.1) is 0 Å². The van der Waals surface area contributed by atoms with Crippen molar-refractivity contribution in [2.75, 3.05) is 31.6 Å². The van der Waals surface area contributed by atoms with E-state index in [2.05, 4.69) is 10.6 Å². The van der Waals surface area contributed by atoms with Gasteiger partial charge in [0, 0.05) is 24.3 Å². The molecule has 2 rings (SSSR count). The molecule has 2 N–H and O–H groups in total. The molecule has 1 fully saturated rings. The number of hydrogen-bond acceptors (Lipinski definition) is 4. The van der Waals surface area contributed by atoms with Gasteiger partial charge in [0.2, 0.25) is 10.0 Å². The first-order valence-corrected chi connectivity index (χ1v) is 8.90. The molecule has 1 saturated heterocycles. The Bertz CT molecular complexity index is 662. The van der Waals surface area contributed by atoms with Crippen LogP contribution in [0.3, 0.4) is 0 Å². The van der Waals surface area contributed by atoms with E-state index in [4.69, 9.17) is 4.74 Å². The molecule has 1 aliphatic heterocycles. The first kappa shape index (κ1) is 17.7. The maximum atomic E-state index is 12.6. The molecule has 23 heavy (non-hydrogen) atoms. The minimum Gasteiger partial charge on any atom is -0.379 e. The van der Waals surface area contributed by atoms with E-state index in [1.54, 1.807) is 12.1 Å². The predicted molar refractivity (Wildman–Crippen MR) is 87.9 cm³/mol. The van der Waals surface area contributed by atoms with Crippen LogP contribution in [0, 0.1) is 0 Å². The standard InChI is InChI=1S/C15H23N3O4S/c1-15(2,3)17-14(19)16-12-5-4-6-13(11-12)23(20,21)18-7-9-22-10-8-18/h4-6,11H,7-10H2,1-3H3,(H2,16,17,19). The van der Waals surface area contributed by atoms with Crippen molar-refractivity contribution in [3.05, 3.63) is 24.3 Å². The van der Waals surface area contributed by atoms with E-state index in [-0.39, 0.29) is 16.5 Å². The number of amides is 2. The van der Waals surface area contributed by atoms with E-state index in [1.807, 2.05) is 20.8 Å². The number of rotatable bonds is 3. The van der Waals surface area contributed by atoms with Crippen molar-refractivity contribution in [3.63, 3.8) is 0 Å². The molecule has 2 amide bonds. The van der Waals surface area contributed by atoms with Crippen molar-refractivity contribution in [1.29, 1.82) is 0 Å².